The number of halogens is 2. The van der Waals surface area contributed by atoms with Gasteiger partial charge in [0.15, 0.2) is 0 Å². The van der Waals surface area contributed by atoms with Gasteiger partial charge in [0.1, 0.15) is 5.82 Å². The van der Waals surface area contributed by atoms with Gasteiger partial charge < -0.3 is 10.1 Å². The average Bonchev–Trinajstić information content (AvgIpc) is 2.26. The predicted molar refractivity (Wildman–Crippen MR) is 73.3 cm³/mol. The van der Waals surface area contributed by atoms with Crippen molar-refractivity contribution in [1.29, 1.82) is 0 Å². The second kappa shape index (κ2) is 7.84. The molecule has 0 radical (unpaired) electrons. The Morgan fingerprint density at radius 2 is 2.19 bits per heavy atom. The molecule has 16 heavy (non-hydrogen) atoms. The van der Waals surface area contributed by atoms with Crippen molar-refractivity contribution in [3.8, 4) is 0 Å². The summed E-state index contributed by atoms with van der Waals surface area (Å²) in [7, 11) is 0. The molecule has 0 amide bonds. The minimum absolute atomic E-state index is 0.200. The summed E-state index contributed by atoms with van der Waals surface area (Å²) in [4.78, 5) is 0. The highest BCUT2D eigenvalue weighted by atomic mass is 127. The fourth-order valence-corrected chi connectivity index (χ4v) is 1.91. The van der Waals surface area contributed by atoms with Crippen LogP contribution in [-0.2, 0) is 4.74 Å². The molecule has 90 valence electrons. The van der Waals surface area contributed by atoms with Gasteiger partial charge in [-0.2, -0.15) is 0 Å². The number of nitrogens with one attached hydrogen (secondary N) is 1. The van der Waals surface area contributed by atoms with Gasteiger partial charge in [-0.25, -0.2) is 4.39 Å². The second-order valence-electron chi connectivity index (χ2n) is 3.52. The molecule has 1 aromatic rings. The molecule has 1 N–H and O–H groups in total. The quantitative estimate of drug-likeness (QED) is 0.606. The normalized spacial score (nSPS) is 10.4. The molecule has 0 fully saturated rings. The number of ether oxygens (including phenoxy) is 1. The number of hydrogen-bond donors (Lipinski definition) is 1. The van der Waals surface area contributed by atoms with Crippen molar-refractivity contribution >= 4 is 28.3 Å². The Morgan fingerprint density at radius 1 is 1.38 bits per heavy atom. The van der Waals surface area contributed by atoms with Crippen LogP contribution in [0.2, 0.25) is 0 Å². The lowest BCUT2D eigenvalue weighted by atomic mass is 10.3. The highest BCUT2D eigenvalue weighted by molar-refractivity contribution is 14.1. The van der Waals surface area contributed by atoms with Crippen molar-refractivity contribution in [3.05, 3.63) is 27.6 Å². The zero-order valence-corrected chi connectivity index (χ0v) is 11.6. The molecule has 0 aliphatic carbocycles. The van der Waals surface area contributed by atoms with Crippen molar-refractivity contribution in [2.24, 2.45) is 0 Å². The van der Waals surface area contributed by atoms with Crippen molar-refractivity contribution in [3.63, 3.8) is 0 Å². The zero-order chi connectivity index (χ0) is 11.8. The highest BCUT2D eigenvalue weighted by Gasteiger charge is 1.99. The molecular weight excluding hydrogens is 320 g/mol. The SMILES string of the molecule is CCCCOCCNc1ccc(F)cc1I. The highest BCUT2D eigenvalue weighted by Crippen LogP contribution is 2.18. The maximum absolute atomic E-state index is 12.8. The zero-order valence-electron chi connectivity index (χ0n) is 9.43. The van der Waals surface area contributed by atoms with Crippen molar-refractivity contribution in [2.45, 2.75) is 19.8 Å². The van der Waals surface area contributed by atoms with Crippen LogP contribution in [0.15, 0.2) is 18.2 Å². The molecule has 2 nitrogen and oxygen atoms in total. The van der Waals surface area contributed by atoms with Gasteiger partial charge in [0.25, 0.3) is 0 Å². The van der Waals surface area contributed by atoms with Crippen LogP contribution in [0.3, 0.4) is 0 Å². The Labute approximate surface area is 110 Å². The van der Waals surface area contributed by atoms with Crippen LogP contribution in [-0.4, -0.2) is 19.8 Å². The maximum atomic E-state index is 12.8. The van der Waals surface area contributed by atoms with Gasteiger partial charge in [-0.1, -0.05) is 13.3 Å². The van der Waals surface area contributed by atoms with Crippen LogP contribution in [0, 0.1) is 9.39 Å². The van der Waals surface area contributed by atoms with Crippen LogP contribution in [0.5, 0.6) is 0 Å². The summed E-state index contributed by atoms with van der Waals surface area (Å²) in [6.07, 6.45) is 2.26. The van der Waals surface area contributed by atoms with Crippen LogP contribution in [0.25, 0.3) is 0 Å². The van der Waals surface area contributed by atoms with Gasteiger partial charge >= 0.3 is 0 Å². The standard InChI is InChI=1S/C12H17FINO/c1-2-3-7-16-8-6-15-12-5-4-10(13)9-11(12)14/h4-5,9,15H,2-3,6-8H2,1H3. The molecule has 1 aromatic carbocycles. The molecule has 0 atom stereocenters. The molecule has 0 heterocycles. The van der Waals surface area contributed by atoms with Crippen molar-refractivity contribution < 1.29 is 9.13 Å². The third kappa shape index (κ3) is 5.12. The van der Waals surface area contributed by atoms with E-state index in [1.807, 2.05) is 0 Å². The van der Waals surface area contributed by atoms with Crippen LogP contribution >= 0.6 is 22.6 Å². The van der Waals surface area contributed by atoms with E-state index < -0.39 is 0 Å². The van der Waals surface area contributed by atoms with Gasteiger partial charge in [-0.15, -0.1) is 0 Å². The van der Waals surface area contributed by atoms with Crippen molar-refractivity contribution in [1.82, 2.24) is 0 Å². The van der Waals surface area contributed by atoms with Gasteiger partial charge in [0, 0.05) is 22.4 Å². The molecule has 0 unspecified atom stereocenters. The van der Waals surface area contributed by atoms with E-state index in [0.29, 0.717) is 6.61 Å². The fourth-order valence-electron chi connectivity index (χ4n) is 1.24. The number of rotatable bonds is 7. The van der Waals surface area contributed by atoms with Crippen molar-refractivity contribution in [2.75, 3.05) is 25.1 Å². The Kier molecular flexibility index (Phi) is 6.71. The van der Waals surface area contributed by atoms with E-state index in [9.17, 15) is 4.39 Å². The second-order valence-corrected chi connectivity index (χ2v) is 4.68. The van der Waals surface area contributed by atoms with Gasteiger partial charge in [0.2, 0.25) is 0 Å². The Bertz CT molecular complexity index is 320. The summed E-state index contributed by atoms with van der Waals surface area (Å²) in [5.74, 6) is -0.200. The first-order chi connectivity index (χ1) is 7.74. The summed E-state index contributed by atoms with van der Waals surface area (Å²) in [6.45, 7) is 4.40. The van der Waals surface area contributed by atoms with E-state index in [4.69, 9.17) is 4.74 Å². The van der Waals surface area contributed by atoms with E-state index in [1.54, 1.807) is 6.07 Å². The number of benzene rings is 1. The molecular formula is C12H17FINO. The summed E-state index contributed by atoms with van der Waals surface area (Å²) in [6, 6.07) is 4.73. The molecule has 1 rings (SSSR count). The first-order valence-corrected chi connectivity index (χ1v) is 6.58. The third-order valence-electron chi connectivity index (χ3n) is 2.14. The molecule has 0 spiro atoms. The average molecular weight is 337 g/mol. The topological polar surface area (TPSA) is 21.3 Å². The lowest BCUT2D eigenvalue weighted by Gasteiger charge is -2.08. The number of hydrogen-bond acceptors (Lipinski definition) is 2. The van der Waals surface area contributed by atoms with Crippen LogP contribution in [0.1, 0.15) is 19.8 Å². The summed E-state index contributed by atoms with van der Waals surface area (Å²) in [5.41, 5.74) is 0.959. The molecule has 0 aliphatic rings. The van der Waals surface area contributed by atoms with Gasteiger partial charge in [-0.05, 0) is 47.2 Å². The Morgan fingerprint density at radius 3 is 2.88 bits per heavy atom. The van der Waals surface area contributed by atoms with Crippen LogP contribution < -0.4 is 5.32 Å². The lowest BCUT2D eigenvalue weighted by Crippen LogP contribution is -2.10. The van der Waals surface area contributed by atoms with E-state index in [2.05, 4.69) is 34.8 Å². The molecule has 4 heteroatoms. The minimum atomic E-state index is -0.200. The minimum Gasteiger partial charge on any atom is -0.382 e. The molecule has 0 saturated heterocycles. The summed E-state index contributed by atoms with van der Waals surface area (Å²) < 4.78 is 19.1. The van der Waals surface area contributed by atoms with Crippen LogP contribution in [0.4, 0.5) is 10.1 Å². The molecule has 0 aliphatic heterocycles. The monoisotopic (exact) mass is 337 g/mol. The third-order valence-corrected chi connectivity index (χ3v) is 3.03. The number of unbranched alkanes of at least 4 members (excludes halogenated alkanes) is 1. The molecule has 0 aromatic heterocycles. The predicted octanol–water partition coefficient (Wildman–Crippen LogP) is 3.66. The fraction of sp³-hybridized carbons (Fsp3) is 0.500. The Balaban J connectivity index is 2.21. The summed E-state index contributed by atoms with van der Waals surface area (Å²) in [5, 5.41) is 3.22. The summed E-state index contributed by atoms with van der Waals surface area (Å²) >= 11 is 2.12. The first kappa shape index (κ1) is 13.7. The number of anilines is 1. The lowest BCUT2D eigenvalue weighted by molar-refractivity contribution is 0.141. The molecule has 0 saturated carbocycles. The largest absolute Gasteiger partial charge is 0.382 e. The van der Waals surface area contributed by atoms with Gasteiger partial charge in [0.05, 0.1) is 6.61 Å². The van der Waals surface area contributed by atoms with Gasteiger partial charge in [-0.3, -0.25) is 0 Å². The van der Waals surface area contributed by atoms with E-state index in [1.165, 1.54) is 12.1 Å². The first-order valence-electron chi connectivity index (χ1n) is 5.50. The van der Waals surface area contributed by atoms with E-state index in [-0.39, 0.29) is 5.82 Å². The maximum Gasteiger partial charge on any atom is 0.124 e. The Hall–Kier alpha value is -0.360. The van der Waals surface area contributed by atoms with E-state index >= 15 is 0 Å². The smallest absolute Gasteiger partial charge is 0.124 e. The van der Waals surface area contributed by atoms with E-state index in [0.717, 1.165) is 35.3 Å². The molecule has 0 bridgehead atoms.